The van der Waals surface area contributed by atoms with E-state index in [0.29, 0.717) is 11.4 Å². The number of nitrogens with zero attached hydrogens (tertiary/aromatic N) is 2. The van der Waals surface area contributed by atoms with Crippen molar-refractivity contribution >= 4 is 29.2 Å². The number of carbonyl (C=O) groups excluding carboxylic acids is 1. The number of anilines is 2. The Hall–Kier alpha value is -3.22. The molecular formula is C15H14N4O3. The number of hydrogen-bond acceptors (Lipinski definition) is 5. The fourth-order valence-electron chi connectivity index (χ4n) is 1.73. The van der Waals surface area contributed by atoms with E-state index >= 15 is 0 Å². The standard InChI is InChI=1S/C15H14N4O3/c1-11(20)17-13-7-5-12(6-8-13)10-16-18-14-3-2-4-15(9-14)19(21)22/h2-10,18H,1H3,(H,17,20). The van der Waals surface area contributed by atoms with Crippen LogP contribution in [0.25, 0.3) is 0 Å². The Morgan fingerprint density at radius 2 is 1.91 bits per heavy atom. The molecule has 2 aromatic rings. The maximum absolute atomic E-state index is 10.9. The molecule has 2 aromatic carbocycles. The summed E-state index contributed by atoms with van der Waals surface area (Å²) < 4.78 is 0. The highest BCUT2D eigenvalue weighted by Gasteiger charge is 2.04. The number of carbonyl (C=O) groups is 1. The third kappa shape index (κ3) is 4.41. The first-order chi connectivity index (χ1) is 10.5. The predicted octanol–water partition coefficient (Wildman–Crippen LogP) is 3.00. The molecule has 7 nitrogen and oxygen atoms in total. The van der Waals surface area contributed by atoms with Crippen LogP contribution in [0.3, 0.4) is 0 Å². The number of benzene rings is 2. The number of nitro benzene ring substituents is 1. The van der Waals surface area contributed by atoms with Gasteiger partial charge in [0.25, 0.3) is 5.69 Å². The van der Waals surface area contributed by atoms with E-state index in [0.717, 1.165) is 5.56 Å². The van der Waals surface area contributed by atoms with Gasteiger partial charge in [0.05, 0.1) is 16.8 Å². The normalized spacial score (nSPS) is 10.4. The predicted molar refractivity (Wildman–Crippen MR) is 85.1 cm³/mol. The van der Waals surface area contributed by atoms with Crippen molar-refractivity contribution in [3.05, 3.63) is 64.2 Å². The Balaban J connectivity index is 1.99. The summed E-state index contributed by atoms with van der Waals surface area (Å²) in [5.74, 6) is -0.131. The van der Waals surface area contributed by atoms with Crippen molar-refractivity contribution in [1.82, 2.24) is 0 Å². The molecule has 0 unspecified atom stereocenters. The number of hydrazone groups is 1. The Morgan fingerprint density at radius 1 is 1.18 bits per heavy atom. The maximum atomic E-state index is 10.9. The van der Waals surface area contributed by atoms with Crippen molar-refractivity contribution in [2.75, 3.05) is 10.7 Å². The molecule has 2 rings (SSSR count). The van der Waals surface area contributed by atoms with E-state index in [1.165, 1.54) is 19.1 Å². The molecule has 2 N–H and O–H groups in total. The summed E-state index contributed by atoms with van der Waals surface area (Å²) in [6, 6.07) is 13.2. The molecule has 0 atom stereocenters. The molecule has 0 radical (unpaired) electrons. The van der Waals surface area contributed by atoms with Gasteiger partial charge in [-0.1, -0.05) is 18.2 Å². The van der Waals surface area contributed by atoms with Crippen molar-refractivity contribution in [2.45, 2.75) is 6.92 Å². The van der Waals surface area contributed by atoms with Crippen LogP contribution in [0, 0.1) is 10.1 Å². The van der Waals surface area contributed by atoms with Crippen LogP contribution in [0.2, 0.25) is 0 Å². The van der Waals surface area contributed by atoms with Gasteiger partial charge in [-0.3, -0.25) is 20.3 Å². The molecule has 1 amide bonds. The molecule has 0 saturated heterocycles. The van der Waals surface area contributed by atoms with Crippen LogP contribution in [0.15, 0.2) is 53.6 Å². The van der Waals surface area contributed by atoms with Crippen LogP contribution < -0.4 is 10.7 Å². The van der Waals surface area contributed by atoms with E-state index in [-0.39, 0.29) is 11.6 Å². The van der Waals surface area contributed by atoms with E-state index in [9.17, 15) is 14.9 Å². The molecule has 0 aliphatic carbocycles. The van der Waals surface area contributed by atoms with Gasteiger partial charge in [-0.05, 0) is 23.8 Å². The molecule has 22 heavy (non-hydrogen) atoms. The molecule has 0 saturated carbocycles. The average Bonchev–Trinajstić information content (AvgIpc) is 2.49. The van der Waals surface area contributed by atoms with Gasteiger partial charge < -0.3 is 5.32 Å². The van der Waals surface area contributed by atoms with E-state index in [2.05, 4.69) is 15.8 Å². The second-order valence-corrected chi connectivity index (χ2v) is 4.48. The fourth-order valence-corrected chi connectivity index (χ4v) is 1.73. The van der Waals surface area contributed by atoms with Gasteiger partial charge in [0.1, 0.15) is 0 Å². The quantitative estimate of drug-likeness (QED) is 0.503. The lowest BCUT2D eigenvalue weighted by atomic mass is 10.2. The summed E-state index contributed by atoms with van der Waals surface area (Å²) in [5, 5.41) is 17.4. The van der Waals surface area contributed by atoms with Gasteiger partial charge in [0.2, 0.25) is 5.91 Å². The van der Waals surface area contributed by atoms with Crippen molar-refractivity contribution in [3.8, 4) is 0 Å². The fraction of sp³-hybridized carbons (Fsp3) is 0.0667. The Morgan fingerprint density at radius 3 is 2.55 bits per heavy atom. The molecule has 0 aliphatic heterocycles. The zero-order valence-electron chi connectivity index (χ0n) is 11.8. The molecule has 0 heterocycles. The van der Waals surface area contributed by atoms with Gasteiger partial charge in [-0.25, -0.2) is 0 Å². The van der Waals surface area contributed by atoms with Crippen LogP contribution in [0.1, 0.15) is 12.5 Å². The highest BCUT2D eigenvalue weighted by molar-refractivity contribution is 5.89. The first-order valence-electron chi connectivity index (χ1n) is 6.46. The number of amides is 1. The van der Waals surface area contributed by atoms with E-state index in [1.807, 2.05) is 0 Å². The third-order valence-electron chi connectivity index (χ3n) is 2.70. The van der Waals surface area contributed by atoms with Gasteiger partial charge in [0, 0.05) is 24.7 Å². The summed E-state index contributed by atoms with van der Waals surface area (Å²) in [6.07, 6.45) is 1.58. The highest BCUT2D eigenvalue weighted by Crippen LogP contribution is 2.16. The largest absolute Gasteiger partial charge is 0.326 e. The minimum atomic E-state index is -0.463. The molecule has 0 bridgehead atoms. The zero-order chi connectivity index (χ0) is 15.9. The van der Waals surface area contributed by atoms with Gasteiger partial charge in [-0.2, -0.15) is 5.10 Å². The minimum absolute atomic E-state index is 0.000130. The molecule has 0 aliphatic rings. The average molecular weight is 298 g/mol. The molecule has 7 heteroatoms. The van der Waals surface area contributed by atoms with Crippen LogP contribution in [0.5, 0.6) is 0 Å². The Labute approximate surface area is 126 Å². The summed E-state index contributed by atoms with van der Waals surface area (Å²) in [6.45, 7) is 1.44. The number of nitro groups is 1. The summed E-state index contributed by atoms with van der Waals surface area (Å²) in [5.41, 5.74) is 4.79. The van der Waals surface area contributed by atoms with E-state index in [1.54, 1.807) is 42.6 Å². The van der Waals surface area contributed by atoms with Crippen molar-refractivity contribution < 1.29 is 9.72 Å². The minimum Gasteiger partial charge on any atom is -0.326 e. The summed E-state index contributed by atoms with van der Waals surface area (Å²) in [4.78, 5) is 21.1. The van der Waals surface area contributed by atoms with Crippen LogP contribution >= 0.6 is 0 Å². The third-order valence-corrected chi connectivity index (χ3v) is 2.70. The number of non-ortho nitro benzene ring substituents is 1. The molecule has 0 aromatic heterocycles. The van der Waals surface area contributed by atoms with Crippen LogP contribution in [0.4, 0.5) is 17.1 Å². The number of hydrogen-bond donors (Lipinski definition) is 2. The lowest BCUT2D eigenvalue weighted by molar-refractivity contribution is -0.384. The number of nitrogens with one attached hydrogen (secondary N) is 2. The number of rotatable bonds is 5. The summed E-state index contributed by atoms with van der Waals surface area (Å²) >= 11 is 0. The summed E-state index contributed by atoms with van der Waals surface area (Å²) in [7, 11) is 0. The van der Waals surface area contributed by atoms with Crippen LogP contribution in [-0.4, -0.2) is 17.0 Å². The monoisotopic (exact) mass is 298 g/mol. The van der Waals surface area contributed by atoms with Gasteiger partial charge >= 0.3 is 0 Å². The van der Waals surface area contributed by atoms with E-state index in [4.69, 9.17) is 0 Å². The lowest BCUT2D eigenvalue weighted by Crippen LogP contribution is -2.05. The SMILES string of the molecule is CC(=O)Nc1ccc(C=NNc2cccc([N+](=O)[O-])c2)cc1. The van der Waals surface area contributed by atoms with Crippen molar-refractivity contribution in [1.29, 1.82) is 0 Å². The molecule has 112 valence electrons. The topological polar surface area (TPSA) is 96.6 Å². The second-order valence-electron chi connectivity index (χ2n) is 4.48. The molecule has 0 fully saturated rings. The second kappa shape index (κ2) is 6.98. The van der Waals surface area contributed by atoms with E-state index < -0.39 is 4.92 Å². The Bertz CT molecular complexity index is 711. The maximum Gasteiger partial charge on any atom is 0.271 e. The zero-order valence-corrected chi connectivity index (χ0v) is 11.8. The molecular weight excluding hydrogens is 284 g/mol. The lowest BCUT2D eigenvalue weighted by Gasteiger charge is -2.02. The van der Waals surface area contributed by atoms with Crippen LogP contribution in [-0.2, 0) is 4.79 Å². The molecule has 0 spiro atoms. The van der Waals surface area contributed by atoms with Gasteiger partial charge in [0.15, 0.2) is 0 Å². The highest BCUT2D eigenvalue weighted by atomic mass is 16.6. The van der Waals surface area contributed by atoms with Crippen molar-refractivity contribution in [3.63, 3.8) is 0 Å². The van der Waals surface area contributed by atoms with Crippen molar-refractivity contribution in [2.24, 2.45) is 5.10 Å². The Kier molecular flexibility index (Phi) is 4.81. The van der Waals surface area contributed by atoms with Gasteiger partial charge in [-0.15, -0.1) is 0 Å². The first kappa shape index (κ1) is 15.2. The smallest absolute Gasteiger partial charge is 0.271 e. The first-order valence-corrected chi connectivity index (χ1v) is 6.46.